The number of nitrogen functional groups attached to an aromatic ring is 1. The summed E-state index contributed by atoms with van der Waals surface area (Å²) in [4.78, 5) is 36.5. The summed E-state index contributed by atoms with van der Waals surface area (Å²) >= 11 is 1.35. The predicted molar refractivity (Wildman–Crippen MR) is 135 cm³/mol. The molecular formula is C24H26N8O2S. The molecule has 1 aromatic carbocycles. The number of thioether (sulfide) groups is 1. The molecule has 0 aliphatic heterocycles. The topological polar surface area (TPSA) is 173 Å². The highest BCUT2D eigenvalue weighted by atomic mass is 32.2. The molecule has 0 spiro atoms. The number of nitrogens with zero attached hydrogens (tertiary/aromatic N) is 4. The number of hydrogen-bond donors (Lipinski definition) is 4. The van der Waals surface area contributed by atoms with Gasteiger partial charge in [0.25, 0.3) is 0 Å². The summed E-state index contributed by atoms with van der Waals surface area (Å²) in [6.45, 7) is 2.29. The van der Waals surface area contributed by atoms with Crippen molar-refractivity contribution in [2.75, 3.05) is 24.1 Å². The Kier molecular flexibility index (Phi) is 9.11. The van der Waals surface area contributed by atoms with Crippen molar-refractivity contribution in [3.8, 4) is 17.3 Å². The van der Waals surface area contributed by atoms with Crippen LogP contribution in [0, 0.1) is 11.3 Å². The van der Waals surface area contributed by atoms with E-state index >= 15 is 0 Å². The molecule has 2 heterocycles. The lowest BCUT2D eigenvalue weighted by molar-refractivity contribution is -0.121. The average molecular weight is 491 g/mol. The highest BCUT2D eigenvalue weighted by Gasteiger charge is 2.15. The van der Waals surface area contributed by atoms with Crippen molar-refractivity contribution in [1.82, 2.24) is 20.3 Å². The Morgan fingerprint density at radius 1 is 1.09 bits per heavy atom. The molecular weight excluding hydrogens is 464 g/mol. The number of hydrogen-bond acceptors (Lipinski definition) is 9. The molecule has 2 amide bonds. The molecule has 0 aliphatic rings. The first kappa shape index (κ1) is 25.6. The van der Waals surface area contributed by atoms with Crippen LogP contribution in [0.2, 0.25) is 0 Å². The predicted octanol–water partition coefficient (Wildman–Crippen LogP) is 2.25. The normalized spacial score (nSPS) is 10.4. The van der Waals surface area contributed by atoms with E-state index in [1.54, 1.807) is 24.3 Å². The van der Waals surface area contributed by atoms with E-state index in [4.69, 9.17) is 11.5 Å². The highest BCUT2D eigenvalue weighted by molar-refractivity contribution is 7.98. The number of pyridine rings is 1. The van der Waals surface area contributed by atoms with E-state index in [1.807, 2.05) is 18.2 Å². The van der Waals surface area contributed by atoms with E-state index in [2.05, 4.69) is 31.7 Å². The molecule has 10 nitrogen and oxygen atoms in total. The average Bonchev–Trinajstić information content (AvgIpc) is 2.85. The second-order valence-corrected chi connectivity index (χ2v) is 8.48. The summed E-state index contributed by atoms with van der Waals surface area (Å²) in [7, 11) is 0. The van der Waals surface area contributed by atoms with E-state index in [1.165, 1.54) is 18.7 Å². The van der Waals surface area contributed by atoms with Gasteiger partial charge in [0, 0.05) is 49.1 Å². The van der Waals surface area contributed by atoms with Gasteiger partial charge in [0.2, 0.25) is 11.8 Å². The lowest BCUT2D eigenvalue weighted by Gasteiger charge is -2.10. The fourth-order valence-corrected chi connectivity index (χ4v) is 3.94. The molecule has 0 bridgehead atoms. The maximum Gasteiger partial charge on any atom is 0.221 e. The first-order valence-corrected chi connectivity index (χ1v) is 11.9. The number of rotatable bonds is 10. The Morgan fingerprint density at radius 3 is 2.51 bits per heavy atom. The number of anilines is 2. The van der Waals surface area contributed by atoms with Gasteiger partial charge in [0.15, 0.2) is 5.16 Å². The molecule has 0 atom stereocenters. The SMILES string of the molecule is CC(=O)Nc1ccc(-c2nc(SCc3cccc(CCC(=O)NCCN)n3)nc(N)c2C#N)cc1. The molecule has 180 valence electrons. The summed E-state index contributed by atoms with van der Waals surface area (Å²) in [5.41, 5.74) is 15.0. The van der Waals surface area contributed by atoms with Crippen LogP contribution in [0.5, 0.6) is 0 Å². The maximum absolute atomic E-state index is 11.8. The van der Waals surface area contributed by atoms with Gasteiger partial charge in [-0.15, -0.1) is 0 Å². The number of nitrogens with one attached hydrogen (secondary N) is 2. The minimum atomic E-state index is -0.173. The number of carbonyl (C=O) groups excluding carboxylic acids is 2. The van der Waals surface area contributed by atoms with Crippen molar-refractivity contribution < 1.29 is 9.59 Å². The van der Waals surface area contributed by atoms with Crippen LogP contribution in [0.4, 0.5) is 11.5 Å². The molecule has 0 fully saturated rings. The molecule has 35 heavy (non-hydrogen) atoms. The van der Waals surface area contributed by atoms with Gasteiger partial charge in [-0.2, -0.15) is 5.26 Å². The number of amides is 2. The van der Waals surface area contributed by atoms with Crippen LogP contribution in [0.1, 0.15) is 30.3 Å². The Balaban J connectivity index is 1.72. The van der Waals surface area contributed by atoms with Crippen molar-refractivity contribution in [2.45, 2.75) is 30.7 Å². The van der Waals surface area contributed by atoms with Crippen molar-refractivity contribution in [1.29, 1.82) is 5.26 Å². The zero-order chi connectivity index (χ0) is 25.2. The third kappa shape index (κ3) is 7.49. The van der Waals surface area contributed by atoms with Gasteiger partial charge in [0.1, 0.15) is 17.5 Å². The van der Waals surface area contributed by atoms with Gasteiger partial charge < -0.3 is 22.1 Å². The van der Waals surface area contributed by atoms with Gasteiger partial charge in [-0.25, -0.2) is 9.97 Å². The number of benzene rings is 1. The van der Waals surface area contributed by atoms with Crippen LogP contribution in [0.3, 0.4) is 0 Å². The molecule has 0 aliphatic carbocycles. The number of aromatic nitrogens is 3. The van der Waals surface area contributed by atoms with Crippen LogP contribution in [-0.4, -0.2) is 39.9 Å². The van der Waals surface area contributed by atoms with Crippen molar-refractivity contribution in [3.63, 3.8) is 0 Å². The number of carbonyl (C=O) groups is 2. The van der Waals surface area contributed by atoms with E-state index in [-0.39, 0.29) is 23.2 Å². The minimum absolute atomic E-state index is 0.0591. The molecule has 2 aromatic heterocycles. The Bertz CT molecular complexity index is 1240. The van der Waals surface area contributed by atoms with Crippen LogP contribution in [0.15, 0.2) is 47.6 Å². The molecule has 0 unspecified atom stereocenters. The lowest BCUT2D eigenvalue weighted by atomic mass is 10.1. The third-order valence-corrected chi connectivity index (χ3v) is 5.68. The van der Waals surface area contributed by atoms with Crippen molar-refractivity contribution in [2.24, 2.45) is 5.73 Å². The summed E-state index contributed by atoms with van der Waals surface area (Å²) in [6.07, 6.45) is 0.858. The molecule has 0 radical (unpaired) electrons. The summed E-state index contributed by atoms with van der Waals surface area (Å²) in [5, 5.41) is 15.4. The molecule has 3 aromatic rings. The fraction of sp³-hybridized carbons (Fsp3) is 0.250. The first-order valence-electron chi connectivity index (χ1n) is 10.9. The molecule has 3 rings (SSSR count). The second-order valence-electron chi connectivity index (χ2n) is 7.53. The monoisotopic (exact) mass is 490 g/mol. The van der Waals surface area contributed by atoms with Crippen LogP contribution < -0.4 is 22.1 Å². The number of aryl methyl sites for hydroxylation is 1. The molecule has 6 N–H and O–H groups in total. The van der Waals surface area contributed by atoms with Crippen molar-refractivity contribution >= 4 is 35.1 Å². The highest BCUT2D eigenvalue weighted by Crippen LogP contribution is 2.29. The van der Waals surface area contributed by atoms with Gasteiger partial charge in [-0.3, -0.25) is 14.6 Å². The van der Waals surface area contributed by atoms with E-state index < -0.39 is 0 Å². The second kappa shape index (κ2) is 12.5. The van der Waals surface area contributed by atoms with E-state index in [0.29, 0.717) is 53.8 Å². The first-order chi connectivity index (χ1) is 16.9. The van der Waals surface area contributed by atoms with Gasteiger partial charge in [0.05, 0.1) is 11.4 Å². The van der Waals surface area contributed by atoms with Crippen LogP contribution >= 0.6 is 11.8 Å². The standard InChI is InChI=1S/C24H26N8O2S/c1-15(33)29-18-7-5-16(6-8-18)22-20(13-26)23(27)32-24(31-22)35-14-19-4-2-3-17(30-19)9-10-21(34)28-12-11-25/h2-8H,9-12,14,25H2,1H3,(H,28,34)(H,29,33)(H2,27,31,32). The summed E-state index contributed by atoms with van der Waals surface area (Å²) in [5.74, 6) is 0.347. The van der Waals surface area contributed by atoms with Crippen LogP contribution in [-0.2, 0) is 21.8 Å². The largest absolute Gasteiger partial charge is 0.382 e. The van der Waals surface area contributed by atoms with Crippen LogP contribution in [0.25, 0.3) is 11.3 Å². The van der Waals surface area contributed by atoms with Crippen molar-refractivity contribution in [3.05, 3.63) is 59.4 Å². The van der Waals surface area contributed by atoms with E-state index in [9.17, 15) is 14.9 Å². The maximum atomic E-state index is 11.8. The van der Waals surface area contributed by atoms with E-state index in [0.717, 1.165) is 11.4 Å². The zero-order valence-corrected chi connectivity index (χ0v) is 20.1. The Hall–Kier alpha value is -4.01. The van der Waals surface area contributed by atoms with Gasteiger partial charge in [-0.1, -0.05) is 30.0 Å². The zero-order valence-electron chi connectivity index (χ0n) is 19.2. The Morgan fingerprint density at radius 2 is 1.83 bits per heavy atom. The van der Waals surface area contributed by atoms with Gasteiger partial charge >= 0.3 is 0 Å². The minimum Gasteiger partial charge on any atom is -0.382 e. The fourth-order valence-electron chi connectivity index (χ4n) is 3.18. The smallest absolute Gasteiger partial charge is 0.221 e. The summed E-state index contributed by atoms with van der Waals surface area (Å²) < 4.78 is 0. The third-order valence-electron chi connectivity index (χ3n) is 4.80. The number of nitriles is 1. The van der Waals surface area contributed by atoms with Gasteiger partial charge in [-0.05, 0) is 30.7 Å². The summed E-state index contributed by atoms with van der Waals surface area (Å²) in [6, 6.07) is 14.7. The number of nitrogens with two attached hydrogens (primary N) is 2. The lowest BCUT2D eigenvalue weighted by Crippen LogP contribution is -2.29. The molecule has 11 heteroatoms. The quantitative estimate of drug-likeness (QED) is 0.245. The molecule has 0 saturated heterocycles. The molecule has 0 saturated carbocycles. The Labute approximate surface area is 207 Å².